The van der Waals surface area contributed by atoms with Crippen LogP contribution in [0.3, 0.4) is 0 Å². The summed E-state index contributed by atoms with van der Waals surface area (Å²) in [7, 11) is 1.93. The van der Waals surface area contributed by atoms with E-state index < -0.39 is 0 Å². The van der Waals surface area contributed by atoms with Crippen LogP contribution in [0.2, 0.25) is 0 Å². The second-order valence-corrected chi connectivity index (χ2v) is 6.84. The average molecular weight is 325 g/mol. The van der Waals surface area contributed by atoms with E-state index in [4.69, 9.17) is 4.74 Å². The highest BCUT2D eigenvalue weighted by Gasteiger charge is 2.20. The number of thioether (sulfide) groups is 1. The SMILES string of the molecule is CNCc1nnc(SCc2cncs2)n1CC1CCCO1. The van der Waals surface area contributed by atoms with Crippen molar-refractivity contribution >= 4 is 23.1 Å². The van der Waals surface area contributed by atoms with Crippen LogP contribution in [-0.4, -0.2) is 39.5 Å². The van der Waals surface area contributed by atoms with Gasteiger partial charge in [-0.05, 0) is 19.9 Å². The van der Waals surface area contributed by atoms with Gasteiger partial charge in [0.1, 0.15) is 5.82 Å². The number of rotatable bonds is 7. The molecule has 3 rings (SSSR count). The topological polar surface area (TPSA) is 64.9 Å². The van der Waals surface area contributed by atoms with Gasteiger partial charge in [-0.25, -0.2) is 0 Å². The predicted molar refractivity (Wildman–Crippen MR) is 83.4 cm³/mol. The summed E-state index contributed by atoms with van der Waals surface area (Å²) >= 11 is 3.38. The summed E-state index contributed by atoms with van der Waals surface area (Å²) in [6, 6.07) is 0. The predicted octanol–water partition coefficient (Wildman–Crippen LogP) is 1.93. The minimum absolute atomic E-state index is 0.291. The molecule has 0 radical (unpaired) electrons. The largest absolute Gasteiger partial charge is 0.376 e. The monoisotopic (exact) mass is 325 g/mol. The third-order valence-corrected chi connectivity index (χ3v) is 5.34. The van der Waals surface area contributed by atoms with E-state index in [-0.39, 0.29) is 0 Å². The van der Waals surface area contributed by atoms with Crippen LogP contribution in [-0.2, 0) is 23.6 Å². The molecule has 1 N–H and O–H groups in total. The minimum Gasteiger partial charge on any atom is -0.376 e. The summed E-state index contributed by atoms with van der Waals surface area (Å²) in [5.74, 6) is 1.85. The van der Waals surface area contributed by atoms with E-state index in [1.807, 2.05) is 18.8 Å². The third kappa shape index (κ3) is 3.82. The molecule has 1 atom stereocenters. The number of hydrogen-bond donors (Lipinski definition) is 1. The van der Waals surface area contributed by atoms with Gasteiger partial charge in [-0.3, -0.25) is 4.98 Å². The average Bonchev–Trinajstić information content (AvgIpc) is 3.21. The summed E-state index contributed by atoms with van der Waals surface area (Å²) < 4.78 is 7.94. The zero-order chi connectivity index (χ0) is 14.5. The van der Waals surface area contributed by atoms with Crippen molar-refractivity contribution in [3.05, 3.63) is 22.4 Å². The van der Waals surface area contributed by atoms with Gasteiger partial charge in [0.2, 0.25) is 0 Å². The number of nitrogens with one attached hydrogen (secondary N) is 1. The van der Waals surface area contributed by atoms with Crippen LogP contribution in [0.1, 0.15) is 23.5 Å². The first kappa shape index (κ1) is 15.0. The molecule has 1 fully saturated rings. The molecule has 1 aliphatic rings. The quantitative estimate of drug-likeness (QED) is 0.785. The number of hydrogen-bond acceptors (Lipinski definition) is 7. The lowest BCUT2D eigenvalue weighted by molar-refractivity contribution is 0.0941. The van der Waals surface area contributed by atoms with Gasteiger partial charge in [-0.2, -0.15) is 0 Å². The van der Waals surface area contributed by atoms with E-state index in [9.17, 15) is 0 Å². The standard InChI is InChI=1S/C13H19N5OS2/c1-14-6-12-16-17-13(20-8-11-5-15-9-21-11)18(12)7-10-3-2-4-19-10/h5,9-10,14H,2-4,6-8H2,1H3. The van der Waals surface area contributed by atoms with E-state index >= 15 is 0 Å². The Labute approximate surface area is 132 Å². The van der Waals surface area contributed by atoms with Crippen LogP contribution < -0.4 is 5.32 Å². The molecule has 1 aliphatic heterocycles. The molecule has 1 saturated heterocycles. The highest BCUT2D eigenvalue weighted by molar-refractivity contribution is 7.98. The van der Waals surface area contributed by atoms with E-state index in [0.717, 1.165) is 49.3 Å². The molecule has 0 aliphatic carbocycles. The number of nitrogens with zero attached hydrogens (tertiary/aromatic N) is 4. The van der Waals surface area contributed by atoms with Crippen molar-refractivity contribution < 1.29 is 4.74 Å². The van der Waals surface area contributed by atoms with Crippen LogP contribution in [0.5, 0.6) is 0 Å². The van der Waals surface area contributed by atoms with Crippen LogP contribution >= 0.6 is 23.1 Å². The van der Waals surface area contributed by atoms with Gasteiger partial charge >= 0.3 is 0 Å². The molecule has 0 saturated carbocycles. The third-order valence-electron chi connectivity index (χ3n) is 3.37. The molecule has 21 heavy (non-hydrogen) atoms. The van der Waals surface area contributed by atoms with Crippen molar-refractivity contribution in [2.24, 2.45) is 0 Å². The fourth-order valence-corrected chi connectivity index (χ4v) is 3.95. The van der Waals surface area contributed by atoms with Crippen LogP contribution in [0, 0.1) is 0 Å². The second kappa shape index (κ2) is 7.35. The number of ether oxygens (including phenoxy) is 1. The summed E-state index contributed by atoms with van der Waals surface area (Å²) in [5, 5.41) is 12.8. The molecule has 0 amide bonds. The Bertz CT molecular complexity index is 551. The second-order valence-electron chi connectivity index (χ2n) is 4.93. The Morgan fingerprint density at radius 1 is 1.52 bits per heavy atom. The summed E-state index contributed by atoms with van der Waals surface area (Å²) in [4.78, 5) is 5.36. The van der Waals surface area contributed by atoms with Crippen LogP contribution in [0.25, 0.3) is 0 Å². The molecule has 0 spiro atoms. The van der Waals surface area contributed by atoms with Gasteiger partial charge in [-0.1, -0.05) is 11.8 Å². The van der Waals surface area contributed by atoms with Gasteiger partial charge in [0, 0.05) is 23.4 Å². The maximum atomic E-state index is 5.75. The van der Waals surface area contributed by atoms with Crippen molar-refractivity contribution in [1.82, 2.24) is 25.1 Å². The fourth-order valence-electron chi connectivity index (χ4n) is 2.34. The molecule has 8 heteroatoms. The molecule has 0 bridgehead atoms. The van der Waals surface area contributed by atoms with Crippen molar-refractivity contribution in [3.8, 4) is 0 Å². The Morgan fingerprint density at radius 2 is 2.48 bits per heavy atom. The Morgan fingerprint density at radius 3 is 3.19 bits per heavy atom. The summed E-state index contributed by atoms with van der Waals surface area (Å²) in [5.41, 5.74) is 1.86. The lowest BCUT2D eigenvalue weighted by Crippen LogP contribution is -2.20. The lowest BCUT2D eigenvalue weighted by atomic mass is 10.2. The zero-order valence-electron chi connectivity index (χ0n) is 12.0. The maximum Gasteiger partial charge on any atom is 0.191 e. The Hall–Kier alpha value is -0.960. The Balaban J connectivity index is 1.71. The number of aromatic nitrogens is 4. The molecule has 6 nitrogen and oxygen atoms in total. The zero-order valence-corrected chi connectivity index (χ0v) is 13.6. The molecular weight excluding hydrogens is 306 g/mol. The van der Waals surface area contributed by atoms with Crippen molar-refractivity contribution in [1.29, 1.82) is 0 Å². The van der Waals surface area contributed by atoms with Gasteiger partial charge in [0.05, 0.1) is 24.7 Å². The van der Waals surface area contributed by atoms with Crippen molar-refractivity contribution in [3.63, 3.8) is 0 Å². The number of thiazole rings is 1. The van der Waals surface area contributed by atoms with E-state index in [1.165, 1.54) is 4.88 Å². The van der Waals surface area contributed by atoms with Gasteiger partial charge in [0.25, 0.3) is 0 Å². The van der Waals surface area contributed by atoms with E-state index in [1.54, 1.807) is 23.1 Å². The van der Waals surface area contributed by atoms with Gasteiger partial charge in [-0.15, -0.1) is 21.5 Å². The normalized spacial score (nSPS) is 18.4. The summed E-state index contributed by atoms with van der Waals surface area (Å²) in [6.07, 6.45) is 4.47. The summed E-state index contributed by atoms with van der Waals surface area (Å²) in [6.45, 7) is 2.44. The van der Waals surface area contributed by atoms with Gasteiger partial charge in [0.15, 0.2) is 5.16 Å². The molecule has 2 aromatic heterocycles. The first-order valence-electron chi connectivity index (χ1n) is 7.05. The molecule has 114 valence electrons. The van der Waals surface area contributed by atoms with Crippen LogP contribution in [0.4, 0.5) is 0 Å². The molecule has 0 aromatic carbocycles. The fraction of sp³-hybridized carbons (Fsp3) is 0.615. The smallest absolute Gasteiger partial charge is 0.191 e. The highest BCUT2D eigenvalue weighted by atomic mass is 32.2. The highest BCUT2D eigenvalue weighted by Crippen LogP contribution is 2.25. The molecule has 1 unspecified atom stereocenters. The lowest BCUT2D eigenvalue weighted by Gasteiger charge is -2.14. The molecule has 2 aromatic rings. The first-order chi connectivity index (χ1) is 10.4. The van der Waals surface area contributed by atoms with E-state index in [0.29, 0.717) is 6.10 Å². The Kier molecular flexibility index (Phi) is 5.23. The van der Waals surface area contributed by atoms with E-state index in [2.05, 4.69) is 25.1 Å². The van der Waals surface area contributed by atoms with Crippen molar-refractivity contribution in [2.45, 2.75) is 42.9 Å². The van der Waals surface area contributed by atoms with Gasteiger partial charge < -0.3 is 14.6 Å². The first-order valence-corrected chi connectivity index (χ1v) is 8.92. The molecular formula is C13H19N5OS2. The van der Waals surface area contributed by atoms with Crippen molar-refractivity contribution in [2.75, 3.05) is 13.7 Å². The maximum absolute atomic E-state index is 5.75. The minimum atomic E-state index is 0.291. The molecule has 3 heterocycles. The van der Waals surface area contributed by atoms with Crippen LogP contribution in [0.15, 0.2) is 16.9 Å².